The van der Waals surface area contributed by atoms with E-state index >= 15 is 0 Å². The van der Waals surface area contributed by atoms with Crippen LogP contribution in [-0.4, -0.2) is 4.89 Å². The summed E-state index contributed by atoms with van der Waals surface area (Å²) in [7, 11) is -3.32. The minimum absolute atomic E-state index is 0.357. The van der Waals surface area contributed by atoms with Crippen molar-refractivity contribution in [1.29, 1.82) is 0 Å². The molecule has 0 heterocycles. The molecule has 2 rings (SSSR count). The molecule has 0 spiro atoms. The standard InChI is InChI=1S/C16H19O2P/c1-13(15-9-5-3-6-10-15)19(17,18)14(2)16-11-7-4-8-12-16/h3-14H,1-2H3,(H,17,18). The van der Waals surface area contributed by atoms with Gasteiger partial charge in [0.25, 0.3) is 0 Å². The predicted molar refractivity (Wildman–Crippen MR) is 79.5 cm³/mol. The zero-order valence-corrected chi connectivity index (χ0v) is 12.1. The zero-order chi connectivity index (χ0) is 13.9. The lowest BCUT2D eigenvalue weighted by Gasteiger charge is -2.25. The van der Waals surface area contributed by atoms with Crippen molar-refractivity contribution in [2.24, 2.45) is 0 Å². The Morgan fingerprint density at radius 3 is 1.42 bits per heavy atom. The first-order valence-corrected chi connectivity index (χ1v) is 8.25. The van der Waals surface area contributed by atoms with E-state index in [4.69, 9.17) is 0 Å². The molecule has 0 aromatic heterocycles. The molecule has 2 unspecified atom stereocenters. The number of hydrogen-bond acceptors (Lipinski definition) is 1. The molecule has 2 nitrogen and oxygen atoms in total. The number of hydrogen-bond donors (Lipinski definition) is 1. The minimum Gasteiger partial charge on any atom is -0.343 e. The molecule has 0 radical (unpaired) electrons. The summed E-state index contributed by atoms with van der Waals surface area (Å²) in [6.45, 7) is 3.66. The first-order chi connectivity index (χ1) is 9.03. The van der Waals surface area contributed by atoms with Crippen LogP contribution in [0.25, 0.3) is 0 Å². The Kier molecular flexibility index (Phi) is 4.24. The quantitative estimate of drug-likeness (QED) is 0.815. The zero-order valence-electron chi connectivity index (χ0n) is 11.2. The Bertz CT molecular complexity index is 516. The number of benzene rings is 2. The summed E-state index contributed by atoms with van der Waals surface area (Å²) in [4.78, 5) is 10.5. The van der Waals surface area contributed by atoms with Gasteiger partial charge in [-0.25, -0.2) is 0 Å². The van der Waals surface area contributed by atoms with Crippen LogP contribution in [0.2, 0.25) is 0 Å². The van der Waals surface area contributed by atoms with Crippen LogP contribution in [0.1, 0.15) is 36.3 Å². The molecule has 0 bridgehead atoms. The first kappa shape index (κ1) is 14.0. The lowest BCUT2D eigenvalue weighted by Crippen LogP contribution is -2.03. The Morgan fingerprint density at radius 1 is 0.789 bits per heavy atom. The van der Waals surface area contributed by atoms with E-state index in [1.807, 2.05) is 74.5 Å². The summed E-state index contributed by atoms with van der Waals surface area (Å²) in [5.74, 6) is 0. The van der Waals surface area contributed by atoms with Crippen molar-refractivity contribution < 1.29 is 9.46 Å². The van der Waals surface area contributed by atoms with Gasteiger partial charge in [-0.15, -0.1) is 0 Å². The van der Waals surface area contributed by atoms with Gasteiger partial charge >= 0.3 is 0 Å². The van der Waals surface area contributed by atoms with Crippen LogP contribution in [0.3, 0.4) is 0 Å². The second-order valence-electron chi connectivity index (χ2n) is 4.85. The van der Waals surface area contributed by atoms with Gasteiger partial charge in [0.05, 0.1) is 11.3 Å². The van der Waals surface area contributed by atoms with Crippen LogP contribution in [0, 0.1) is 0 Å². The van der Waals surface area contributed by atoms with Crippen LogP contribution < -0.4 is 0 Å². The summed E-state index contributed by atoms with van der Waals surface area (Å²) in [6.07, 6.45) is 0. The van der Waals surface area contributed by atoms with E-state index in [1.165, 1.54) is 0 Å². The van der Waals surface area contributed by atoms with Crippen molar-refractivity contribution in [1.82, 2.24) is 0 Å². The smallest absolute Gasteiger partial charge is 0.214 e. The topological polar surface area (TPSA) is 37.3 Å². The summed E-state index contributed by atoms with van der Waals surface area (Å²) in [6, 6.07) is 19.1. The van der Waals surface area contributed by atoms with Crippen LogP contribution in [0.4, 0.5) is 0 Å². The molecule has 2 aromatic carbocycles. The Balaban J connectivity index is 2.30. The van der Waals surface area contributed by atoms with Crippen molar-refractivity contribution in [3.63, 3.8) is 0 Å². The molecule has 0 saturated carbocycles. The molecule has 0 aliphatic carbocycles. The molecule has 19 heavy (non-hydrogen) atoms. The third-order valence-corrected chi connectivity index (χ3v) is 6.49. The van der Waals surface area contributed by atoms with E-state index in [1.54, 1.807) is 0 Å². The third kappa shape index (κ3) is 2.97. The van der Waals surface area contributed by atoms with Gasteiger partial charge in [0, 0.05) is 0 Å². The van der Waals surface area contributed by atoms with E-state index in [0.29, 0.717) is 0 Å². The second-order valence-corrected chi connectivity index (χ2v) is 7.74. The fourth-order valence-electron chi connectivity index (χ4n) is 2.23. The van der Waals surface area contributed by atoms with Gasteiger partial charge in [-0.3, -0.25) is 4.57 Å². The maximum absolute atomic E-state index is 12.8. The monoisotopic (exact) mass is 274 g/mol. The molecule has 0 fully saturated rings. The van der Waals surface area contributed by atoms with Gasteiger partial charge in [-0.1, -0.05) is 60.7 Å². The van der Waals surface area contributed by atoms with Crippen molar-refractivity contribution in [3.8, 4) is 0 Å². The molecule has 1 N–H and O–H groups in total. The highest BCUT2D eigenvalue weighted by Gasteiger charge is 2.35. The van der Waals surface area contributed by atoms with E-state index in [9.17, 15) is 9.46 Å². The van der Waals surface area contributed by atoms with Gasteiger partial charge in [-0.05, 0) is 25.0 Å². The molecule has 0 saturated heterocycles. The summed E-state index contributed by atoms with van der Waals surface area (Å²) in [5, 5.41) is 0. The Labute approximate surface area is 114 Å². The van der Waals surface area contributed by atoms with Crippen molar-refractivity contribution in [2.75, 3.05) is 0 Å². The maximum Gasteiger partial charge on any atom is 0.214 e. The highest BCUT2D eigenvalue weighted by atomic mass is 31.2. The van der Waals surface area contributed by atoms with Gasteiger partial charge in [-0.2, -0.15) is 0 Å². The van der Waals surface area contributed by atoms with Crippen LogP contribution in [0.5, 0.6) is 0 Å². The van der Waals surface area contributed by atoms with Crippen molar-refractivity contribution >= 4 is 7.37 Å². The Hall–Kier alpha value is -1.37. The molecule has 0 aliphatic rings. The van der Waals surface area contributed by atoms with E-state index in [-0.39, 0.29) is 11.3 Å². The van der Waals surface area contributed by atoms with Gasteiger partial charge in [0.1, 0.15) is 0 Å². The van der Waals surface area contributed by atoms with Gasteiger partial charge in [0.2, 0.25) is 7.37 Å². The van der Waals surface area contributed by atoms with Crippen LogP contribution >= 0.6 is 7.37 Å². The largest absolute Gasteiger partial charge is 0.343 e. The van der Waals surface area contributed by atoms with E-state index < -0.39 is 7.37 Å². The second kappa shape index (κ2) is 5.73. The first-order valence-electron chi connectivity index (χ1n) is 6.45. The normalized spacial score (nSPS) is 17.4. The lowest BCUT2D eigenvalue weighted by atomic mass is 10.2. The molecule has 0 amide bonds. The average molecular weight is 274 g/mol. The van der Waals surface area contributed by atoms with Gasteiger partial charge < -0.3 is 4.89 Å². The third-order valence-electron chi connectivity index (χ3n) is 3.67. The fourth-order valence-corrected chi connectivity index (χ4v) is 4.10. The van der Waals surface area contributed by atoms with E-state index in [2.05, 4.69) is 0 Å². The molecule has 0 aliphatic heterocycles. The molecule has 2 aromatic rings. The lowest BCUT2D eigenvalue weighted by molar-refractivity contribution is 0.456. The predicted octanol–water partition coefficient (Wildman–Crippen LogP) is 4.78. The van der Waals surface area contributed by atoms with Crippen LogP contribution in [-0.2, 0) is 4.57 Å². The molecule has 2 atom stereocenters. The Morgan fingerprint density at radius 2 is 1.11 bits per heavy atom. The molecule has 3 heteroatoms. The van der Waals surface area contributed by atoms with Crippen LogP contribution in [0.15, 0.2) is 60.7 Å². The molecular weight excluding hydrogens is 255 g/mol. The summed E-state index contributed by atoms with van der Waals surface area (Å²) < 4.78 is 12.8. The summed E-state index contributed by atoms with van der Waals surface area (Å²) in [5.41, 5.74) is 1.11. The SMILES string of the molecule is CC(c1ccccc1)P(=O)(O)C(C)c1ccccc1. The maximum atomic E-state index is 12.8. The highest BCUT2D eigenvalue weighted by molar-refractivity contribution is 7.58. The minimum atomic E-state index is -3.32. The van der Waals surface area contributed by atoms with Crippen molar-refractivity contribution in [3.05, 3.63) is 71.8 Å². The summed E-state index contributed by atoms with van der Waals surface area (Å²) >= 11 is 0. The average Bonchev–Trinajstić information content (AvgIpc) is 2.47. The number of rotatable bonds is 4. The van der Waals surface area contributed by atoms with Crippen molar-refractivity contribution in [2.45, 2.75) is 25.2 Å². The molecular formula is C16H19O2P. The fraction of sp³-hybridized carbons (Fsp3) is 0.250. The highest BCUT2D eigenvalue weighted by Crippen LogP contribution is 2.65. The molecule has 100 valence electrons. The van der Waals surface area contributed by atoms with E-state index in [0.717, 1.165) is 11.1 Å². The van der Waals surface area contributed by atoms with Gasteiger partial charge in [0.15, 0.2) is 0 Å².